The number of hydrogen-bond donors (Lipinski definition) is 0. The van der Waals surface area contributed by atoms with Crippen LogP contribution in [0.3, 0.4) is 0 Å². The predicted molar refractivity (Wildman–Crippen MR) is 251 cm³/mol. The second kappa shape index (κ2) is 11.6. The van der Waals surface area contributed by atoms with Gasteiger partial charge in [-0.3, -0.25) is 4.57 Å². The summed E-state index contributed by atoms with van der Waals surface area (Å²) in [4.78, 5) is 11.7. The van der Waals surface area contributed by atoms with Gasteiger partial charge in [-0.25, -0.2) is 9.97 Å². The zero-order chi connectivity index (χ0) is 40.2. The van der Waals surface area contributed by atoms with E-state index in [-0.39, 0.29) is 5.41 Å². The summed E-state index contributed by atoms with van der Waals surface area (Å²) in [5.74, 6) is 0.841. The van der Waals surface area contributed by atoms with E-state index < -0.39 is 5.41 Å². The molecule has 0 saturated heterocycles. The van der Waals surface area contributed by atoms with Gasteiger partial charge in [0.25, 0.3) is 0 Å². The van der Waals surface area contributed by atoms with E-state index in [1.807, 2.05) is 0 Å². The van der Waals surface area contributed by atoms with Crippen LogP contribution in [-0.4, -0.2) is 14.5 Å². The summed E-state index contributed by atoms with van der Waals surface area (Å²) in [6.07, 6.45) is 0. The van der Waals surface area contributed by atoms with Gasteiger partial charge in [-0.2, -0.15) is 0 Å². The topological polar surface area (TPSA) is 30.7 Å². The van der Waals surface area contributed by atoms with Crippen molar-refractivity contribution in [2.45, 2.75) is 24.7 Å². The van der Waals surface area contributed by atoms with E-state index in [0.717, 1.165) is 45.1 Å². The molecule has 284 valence electrons. The summed E-state index contributed by atoms with van der Waals surface area (Å²) in [5, 5.41) is 7.31. The first-order valence-electron chi connectivity index (χ1n) is 21.3. The molecular formula is C58H37N3. The van der Waals surface area contributed by atoms with E-state index in [1.165, 1.54) is 82.4 Å². The first-order chi connectivity index (χ1) is 30.0. The maximum absolute atomic E-state index is 5.88. The zero-order valence-electron chi connectivity index (χ0n) is 33.7. The molecule has 2 aromatic heterocycles. The van der Waals surface area contributed by atoms with E-state index in [0.29, 0.717) is 0 Å². The van der Waals surface area contributed by atoms with Gasteiger partial charge in [-0.15, -0.1) is 0 Å². The van der Waals surface area contributed by atoms with Gasteiger partial charge in [0.2, 0.25) is 0 Å². The second-order valence-corrected chi connectivity index (χ2v) is 17.6. The van der Waals surface area contributed by atoms with E-state index in [9.17, 15) is 0 Å². The number of hydrogen-bond acceptors (Lipinski definition) is 2. The van der Waals surface area contributed by atoms with E-state index in [4.69, 9.17) is 9.97 Å². The van der Waals surface area contributed by atoms with E-state index in [1.54, 1.807) is 0 Å². The monoisotopic (exact) mass is 775 g/mol. The fourth-order valence-electron chi connectivity index (χ4n) is 11.7. The Balaban J connectivity index is 1.13. The summed E-state index contributed by atoms with van der Waals surface area (Å²) in [6.45, 7) is 4.60. The molecule has 3 aliphatic rings. The molecule has 11 aromatic rings. The van der Waals surface area contributed by atoms with Crippen molar-refractivity contribution in [1.82, 2.24) is 14.5 Å². The smallest absolute Gasteiger partial charge is 0.165 e. The molecule has 3 aliphatic carbocycles. The highest BCUT2D eigenvalue weighted by Gasteiger charge is 2.51. The van der Waals surface area contributed by atoms with E-state index in [2.05, 4.69) is 206 Å². The zero-order valence-corrected chi connectivity index (χ0v) is 33.7. The highest BCUT2D eigenvalue weighted by molar-refractivity contribution is 6.23. The van der Waals surface area contributed by atoms with Crippen molar-refractivity contribution in [3.63, 3.8) is 0 Å². The normalized spacial score (nSPS) is 14.7. The molecule has 0 N–H and O–H groups in total. The minimum absolute atomic E-state index is 0.336. The molecule has 14 rings (SSSR count). The fourth-order valence-corrected chi connectivity index (χ4v) is 11.7. The number of fused-ring (bicyclic) bond motifs is 19. The predicted octanol–water partition coefficient (Wildman–Crippen LogP) is 14.2. The van der Waals surface area contributed by atoms with Crippen LogP contribution in [0.1, 0.15) is 47.4 Å². The summed E-state index contributed by atoms with van der Waals surface area (Å²) in [5.41, 5.74) is 18.2. The van der Waals surface area contributed by atoms with Gasteiger partial charge >= 0.3 is 0 Å². The van der Waals surface area contributed by atoms with Crippen LogP contribution in [0.15, 0.2) is 188 Å². The van der Waals surface area contributed by atoms with Crippen molar-refractivity contribution in [3.8, 4) is 50.6 Å². The van der Waals surface area contributed by atoms with E-state index >= 15 is 0 Å². The third-order valence-electron chi connectivity index (χ3n) is 14.3. The lowest BCUT2D eigenvalue weighted by molar-refractivity contribution is 0.635. The molecule has 0 atom stereocenters. The molecular weight excluding hydrogens is 739 g/mol. The van der Waals surface area contributed by atoms with Crippen molar-refractivity contribution in [2.75, 3.05) is 0 Å². The molecule has 3 nitrogen and oxygen atoms in total. The molecule has 9 aromatic carbocycles. The van der Waals surface area contributed by atoms with Crippen LogP contribution >= 0.6 is 0 Å². The largest absolute Gasteiger partial charge is 0.292 e. The standard InChI is InChI=1S/C58H37N3/c1-57(2)45-23-11-10-22-43(45)54-55(57)59-53(56(60-54)61-50-30-28-34-15-5-6-18-38(34)52(50)44-31-35-16-3-4-17-36(35)33-51(44)61)37-27-29-42-41-21-9-14-26-48(41)58(49(42)32-37)46-24-12-7-19-39(46)40-20-8-13-25-47(40)58/h3-33H,1-2H3. The summed E-state index contributed by atoms with van der Waals surface area (Å²) in [7, 11) is 0. The first-order valence-corrected chi connectivity index (χ1v) is 21.3. The van der Waals surface area contributed by atoms with Crippen molar-refractivity contribution >= 4 is 43.4 Å². The van der Waals surface area contributed by atoms with Crippen LogP contribution in [0.5, 0.6) is 0 Å². The minimum atomic E-state index is -0.473. The third-order valence-corrected chi connectivity index (χ3v) is 14.3. The molecule has 0 radical (unpaired) electrons. The number of benzene rings is 9. The molecule has 0 fully saturated rings. The Morgan fingerprint density at radius 3 is 1.64 bits per heavy atom. The van der Waals surface area contributed by atoms with Crippen LogP contribution < -0.4 is 0 Å². The van der Waals surface area contributed by atoms with Crippen LogP contribution in [0.2, 0.25) is 0 Å². The van der Waals surface area contributed by atoms with Gasteiger partial charge in [-0.05, 0) is 95.9 Å². The Bertz CT molecular complexity index is 3690. The maximum atomic E-state index is 5.88. The second-order valence-electron chi connectivity index (χ2n) is 17.6. The van der Waals surface area contributed by atoms with Crippen molar-refractivity contribution in [1.29, 1.82) is 0 Å². The minimum Gasteiger partial charge on any atom is -0.292 e. The Labute approximate surface area is 353 Å². The lowest BCUT2D eigenvalue weighted by atomic mass is 9.70. The molecule has 61 heavy (non-hydrogen) atoms. The Kier molecular flexibility index (Phi) is 6.30. The number of nitrogens with zero attached hydrogens (tertiary/aromatic N) is 3. The Hall–Kier alpha value is -7.62. The summed E-state index contributed by atoms with van der Waals surface area (Å²) in [6, 6.07) is 69.7. The highest BCUT2D eigenvalue weighted by atomic mass is 15.1. The lowest BCUT2D eigenvalue weighted by Gasteiger charge is -2.30. The summed E-state index contributed by atoms with van der Waals surface area (Å²) >= 11 is 0. The molecule has 2 heterocycles. The average Bonchev–Trinajstić information content (AvgIpc) is 3.97. The Morgan fingerprint density at radius 1 is 0.393 bits per heavy atom. The number of rotatable bonds is 2. The first kappa shape index (κ1) is 33.2. The van der Waals surface area contributed by atoms with Crippen LogP contribution in [0, 0.1) is 0 Å². The highest BCUT2D eigenvalue weighted by Crippen LogP contribution is 2.63. The molecule has 0 bridgehead atoms. The third kappa shape index (κ3) is 4.09. The van der Waals surface area contributed by atoms with Gasteiger partial charge < -0.3 is 0 Å². The molecule has 0 saturated carbocycles. The molecule has 0 aliphatic heterocycles. The van der Waals surface area contributed by atoms with Gasteiger partial charge in [0.05, 0.1) is 27.8 Å². The summed E-state index contributed by atoms with van der Waals surface area (Å²) < 4.78 is 2.41. The SMILES string of the molecule is CC1(C)c2ccccc2-c2nc(-n3c4cc5ccccc5cc4c4c5ccccc5ccc43)c(-c3ccc4c(c3)C3(c5ccccc5-c5ccccc53)c3ccccc3-4)nc21. The van der Waals surface area contributed by atoms with Crippen molar-refractivity contribution in [2.24, 2.45) is 0 Å². The molecule has 3 heteroatoms. The lowest BCUT2D eigenvalue weighted by Crippen LogP contribution is -2.25. The van der Waals surface area contributed by atoms with Crippen LogP contribution in [0.25, 0.3) is 93.9 Å². The molecule has 1 spiro atoms. The van der Waals surface area contributed by atoms with Gasteiger partial charge in [0.15, 0.2) is 5.82 Å². The van der Waals surface area contributed by atoms with Gasteiger partial charge in [-0.1, -0.05) is 178 Å². The van der Waals surface area contributed by atoms with Crippen molar-refractivity contribution < 1.29 is 0 Å². The van der Waals surface area contributed by atoms with Gasteiger partial charge in [0.1, 0.15) is 5.69 Å². The average molecular weight is 776 g/mol. The fraction of sp³-hybridized carbons (Fsp3) is 0.0690. The maximum Gasteiger partial charge on any atom is 0.165 e. The quantitative estimate of drug-likeness (QED) is 0.175. The van der Waals surface area contributed by atoms with Crippen LogP contribution in [-0.2, 0) is 10.8 Å². The molecule has 0 amide bonds. The van der Waals surface area contributed by atoms with Gasteiger partial charge in [0, 0.05) is 27.3 Å². The number of aromatic nitrogens is 3. The van der Waals surface area contributed by atoms with Crippen LogP contribution in [0.4, 0.5) is 0 Å². The molecule has 0 unspecified atom stereocenters. The Morgan fingerprint density at radius 2 is 0.951 bits per heavy atom. The van der Waals surface area contributed by atoms with Crippen molar-refractivity contribution in [3.05, 3.63) is 222 Å².